The summed E-state index contributed by atoms with van der Waals surface area (Å²) >= 11 is 0. The Hall–Kier alpha value is -1.60. The van der Waals surface area contributed by atoms with Crippen molar-refractivity contribution in [2.75, 3.05) is 31.6 Å². The largest absolute Gasteiger partial charge is 0.469 e. The quantitative estimate of drug-likeness (QED) is 0.716. The number of carbonyl (C=O) groups excluding carboxylic acids is 1. The van der Waals surface area contributed by atoms with Crippen LogP contribution in [0.3, 0.4) is 0 Å². The lowest BCUT2D eigenvalue weighted by Gasteiger charge is -2.28. The molecule has 0 aliphatic carbocycles. The number of carbonyl (C=O) groups is 1. The molecule has 0 N–H and O–H groups in total. The maximum atomic E-state index is 12.5. The minimum atomic E-state index is -3.66. The molecule has 0 radical (unpaired) electrons. The molecular weight excluding hydrogens is 292 g/mol. The third kappa shape index (κ3) is 4.44. The molecule has 0 amide bonds. The van der Waals surface area contributed by atoms with Gasteiger partial charge in [0.15, 0.2) is 0 Å². The Morgan fingerprint density at radius 3 is 2.29 bits per heavy atom. The van der Waals surface area contributed by atoms with Crippen molar-refractivity contribution in [2.45, 2.75) is 20.3 Å². The third-order valence-corrected chi connectivity index (χ3v) is 5.14. The fourth-order valence-corrected chi connectivity index (χ4v) is 3.20. The van der Waals surface area contributed by atoms with E-state index in [0.717, 1.165) is 9.87 Å². The highest BCUT2D eigenvalue weighted by molar-refractivity contribution is 7.90. The molecule has 1 rings (SSSR count). The molecule has 21 heavy (non-hydrogen) atoms. The van der Waals surface area contributed by atoms with E-state index in [0.29, 0.717) is 12.2 Å². The SMILES string of the molecule is CCN(c1ccc(C)cc1)S(=O)(=O)N(C)CCC(=O)OC. The highest BCUT2D eigenvalue weighted by Gasteiger charge is 2.26. The summed E-state index contributed by atoms with van der Waals surface area (Å²) in [7, 11) is -0.929. The summed E-state index contributed by atoms with van der Waals surface area (Å²) in [5, 5.41) is 0. The van der Waals surface area contributed by atoms with E-state index in [9.17, 15) is 13.2 Å². The van der Waals surface area contributed by atoms with Gasteiger partial charge in [-0.15, -0.1) is 0 Å². The summed E-state index contributed by atoms with van der Waals surface area (Å²) in [5.41, 5.74) is 1.67. The Bertz CT molecular complexity index is 569. The second-order valence-corrected chi connectivity index (χ2v) is 6.62. The standard InChI is InChI=1S/C14H22N2O4S/c1-5-16(13-8-6-12(2)7-9-13)21(18,19)15(3)11-10-14(17)20-4/h6-9H,5,10-11H2,1-4H3. The van der Waals surface area contributed by atoms with E-state index in [2.05, 4.69) is 4.74 Å². The van der Waals surface area contributed by atoms with Crippen LogP contribution >= 0.6 is 0 Å². The topological polar surface area (TPSA) is 66.9 Å². The summed E-state index contributed by atoms with van der Waals surface area (Å²) in [6, 6.07) is 7.26. The van der Waals surface area contributed by atoms with Crippen molar-refractivity contribution in [1.82, 2.24) is 4.31 Å². The van der Waals surface area contributed by atoms with Crippen molar-refractivity contribution in [3.8, 4) is 0 Å². The molecule has 0 unspecified atom stereocenters. The zero-order valence-corrected chi connectivity index (χ0v) is 13.7. The van der Waals surface area contributed by atoms with Crippen molar-refractivity contribution in [3.63, 3.8) is 0 Å². The van der Waals surface area contributed by atoms with Crippen LogP contribution in [-0.2, 0) is 19.7 Å². The molecule has 6 nitrogen and oxygen atoms in total. The van der Waals surface area contributed by atoms with Gasteiger partial charge in [0, 0.05) is 20.1 Å². The summed E-state index contributed by atoms with van der Waals surface area (Å²) in [6.07, 6.45) is 0.0255. The van der Waals surface area contributed by atoms with E-state index < -0.39 is 16.2 Å². The Morgan fingerprint density at radius 1 is 1.24 bits per heavy atom. The minimum Gasteiger partial charge on any atom is -0.469 e. The molecule has 7 heteroatoms. The van der Waals surface area contributed by atoms with E-state index in [1.807, 2.05) is 19.1 Å². The Morgan fingerprint density at radius 2 is 1.81 bits per heavy atom. The summed E-state index contributed by atoms with van der Waals surface area (Å²) < 4.78 is 32.1. The molecule has 0 fully saturated rings. The van der Waals surface area contributed by atoms with Crippen LogP contribution in [0.1, 0.15) is 18.9 Å². The first-order valence-electron chi connectivity index (χ1n) is 6.70. The van der Waals surface area contributed by atoms with Crippen LogP contribution in [0.4, 0.5) is 5.69 Å². The highest BCUT2D eigenvalue weighted by Crippen LogP contribution is 2.20. The van der Waals surface area contributed by atoms with Gasteiger partial charge < -0.3 is 4.74 Å². The highest BCUT2D eigenvalue weighted by atomic mass is 32.2. The van der Waals surface area contributed by atoms with Gasteiger partial charge in [-0.3, -0.25) is 9.10 Å². The van der Waals surface area contributed by atoms with Crippen LogP contribution in [0.15, 0.2) is 24.3 Å². The first kappa shape index (κ1) is 17.5. The van der Waals surface area contributed by atoms with E-state index in [1.54, 1.807) is 19.1 Å². The number of methoxy groups -OCH3 is 1. The molecule has 0 heterocycles. The number of rotatable bonds is 7. The number of ether oxygens (including phenoxy) is 1. The number of hydrogen-bond donors (Lipinski definition) is 0. The molecule has 1 aromatic rings. The second kappa shape index (κ2) is 7.42. The van der Waals surface area contributed by atoms with Gasteiger partial charge in [0.25, 0.3) is 0 Å². The average molecular weight is 314 g/mol. The number of hydrogen-bond acceptors (Lipinski definition) is 4. The van der Waals surface area contributed by atoms with E-state index in [-0.39, 0.29) is 13.0 Å². The second-order valence-electron chi connectivity index (χ2n) is 4.66. The van der Waals surface area contributed by atoms with Crippen LogP contribution in [-0.4, -0.2) is 45.9 Å². The molecule has 1 aromatic carbocycles. The maximum absolute atomic E-state index is 12.5. The van der Waals surface area contributed by atoms with Gasteiger partial charge in [-0.05, 0) is 26.0 Å². The van der Waals surface area contributed by atoms with Crippen LogP contribution in [0.2, 0.25) is 0 Å². The predicted octanol–water partition coefficient (Wildman–Crippen LogP) is 1.56. The lowest BCUT2D eigenvalue weighted by Crippen LogP contribution is -2.42. The fraction of sp³-hybridized carbons (Fsp3) is 0.500. The number of esters is 1. The predicted molar refractivity (Wildman–Crippen MR) is 82.4 cm³/mol. The lowest BCUT2D eigenvalue weighted by molar-refractivity contribution is -0.140. The van der Waals surface area contributed by atoms with E-state index in [4.69, 9.17) is 0 Å². The number of aryl methyl sites for hydroxylation is 1. The lowest BCUT2D eigenvalue weighted by atomic mass is 10.2. The Balaban J connectivity index is 2.91. The number of anilines is 1. The van der Waals surface area contributed by atoms with Gasteiger partial charge in [-0.2, -0.15) is 12.7 Å². The Labute approximate surface area is 126 Å². The van der Waals surface area contributed by atoms with Gasteiger partial charge >= 0.3 is 16.2 Å². The monoisotopic (exact) mass is 314 g/mol. The molecule has 0 spiro atoms. The summed E-state index contributed by atoms with van der Waals surface area (Å²) in [4.78, 5) is 11.1. The minimum absolute atomic E-state index is 0.0255. The maximum Gasteiger partial charge on any atom is 0.306 e. The van der Waals surface area contributed by atoms with Crippen molar-refractivity contribution < 1.29 is 17.9 Å². The zero-order valence-electron chi connectivity index (χ0n) is 12.9. The number of nitrogens with zero attached hydrogens (tertiary/aromatic N) is 2. The Kier molecular flexibility index (Phi) is 6.17. The molecular formula is C14H22N2O4S. The van der Waals surface area contributed by atoms with Gasteiger partial charge in [-0.25, -0.2) is 0 Å². The van der Waals surface area contributed by atoms with Crippen molar-refractivity contribution in [3.05, 3.63) is 29.8 Å². The smallest absolute Gasteiger partial charge is 0.306 e. The van der Waals surface area contributed by atoms with Crippen LogP contribution in [0.25, 0.3) is 0 Å². The third-order valence-electron chi connectivity index (χ3n) is 3.14. The van der Waals surface area contributed by atoms with Crippen molar-refractivity contribution in [1.29, 1.82) is 0 Å². The van der Waals surface area contributed by atoms with Crippen LogP contribution < -0.4 is 4.31 Å². The average Bonchev–Trinajstić information content (AvgIpc) is 2.46. The van der Waals surface area contributed by atoms with E-state index in [1.165, 1.54) is 18.5 Å². The molecule has 0 aliphatic heterocycles. The first-order chi connectivity index (χ1) is 9.82. The molecule has 0 saturated heterocycles. The summed E-state index contributed by atoms with van der Waals surface area (Å²) in [6.45, 7) is 4.11. The van der Waals surface area contributed by atoms with Crippen LogP contribution in [0, 0.1) is 6.92 Å². The number of benzene rings is 1. The van der Waals surface area contributed by atoms with Crippen LogP contribution in [0.5, 0.6) is 0 Å². The molecule has 0 aliphatic rings. The van der Waals surface area contributed by atoms with Gasteiger partial charge in [0.2, 0.25) is 0 Å². The summed E-state index contributed by atoms with van der Waals surface area (Å²) in [5.74, 6) is -0.435. The first-order valence-corrected chi connectivity index (χ1v) is 8.10. The molecule has 118 valence electrons. The van der Waals surface area contributed by atoms with Gasteiger partial charge in [0.1, 0.15) is 0 Å². The molecule has 0 atom stereocenters. The van der Waals surface area contributed by atoms with Gasteiger partial charge in [-0.1, -0.05) is 17.7 Å². The van der Waals surface area contributed by atoms with Crippen molar-refractivity contribution in [2.24, 2.45) is 0 Å². The van der Waals surface area contributed by atoms with Crippen molar-refractivity contribution >= 4 is 21.9 Å². The van der Waals surface area contributed by atoms with E-state index >= 15 is 0 Å². The molecule has 0 aromatic heterocycles. The fourth-order valence-electron chi connectivity index (χ4n) is 1.82. The molecule has 0 saturated carbocycles. The molecule has 0 bridgehead atoms. The zero-order chi connectivity index (χ0) is 16.0. The van der Waals surface area contributed by atoms with Gasteiger partial charge in [0.05, 0.1) is 19.2 Å². The normalized spacial score (nSPS) is 11.5.